The van der Waals surface area contributed by atoms with Gasteiger partial charge in [0, 0.05) is 23.2 Å². The molecule has 0 amide bonds. The van der Waals surface area contributed by atoms with Crippen LogP contribution < -0.4 is 10.5 Å². The third kappa shape index (κ3) is 3.11. The van der Waals surface area contributed by atoms with E-state index in [1.165, 1.54) is 19.3 Å². The second-order valence-electron chi connectivity index (χ2n) is 5.63. The van der Waals surface area contributed by atoms with Gasteiger partial charge in [0.05, 0.1) is 7.11 Å². The number of anilines is 1. The van der Waals surface area contributed by atoms with Crippen molar-refractivity contribution in [3.05, 3.63) is 65.7 Å². The smallest absolute Gasteiger partial charge is 0.131 e. The Morgan fingerprint density at radius 3 is 2.62 bits per heavy atom. The lowest BCUT2D eigenvalue weighted by molar-refractivity contribution is 0.369. The first-order valence-corrected chi connectivity index (χ1v) is 7.47. The van der Waals surface area contributed by atoms with Crippen LogP contribution in [0.1, 0.15) is 12.0 Å². The Morgan fingerprint density at radius 2 is 1.96 bits per heavy atom. The maximum absolute atomic E-state index is 14.6. The summed E-state index contributed by atoms with van der Waals surface area (Å²) < 4.78 is 33.3. The van der Waals surface area contributed by atoms with Gasteiger partial charge >= 0.3 is 0 Å². The van der Waals surface area contributed by atoms with Crippen LogP contribution in [0, 0.1) is 5.82 Å². The molecule has 0 spiro atoms. The molecule has 3 N–H and O–H groups in total. The van der Waals surface area contributed by atoms with Crippen LogP contribution in [0.25, 0.3) is 16.7 Å². The molecule has 0 bridgehead atoms. The molecule has 2 aromatic rings. The molecule has 1 aliphatic carbocycles. The number of allylic oxidation sites excluding steroid dienone is 3. The van der Waals surface area contributed by atoms with E-state index in [9.17, 15) is 13.9 Å². The van der Waals surface area contributed by atoms with Crippen LogP contribution in [-0.2, 0) is 0 Å². The zero-order valence-corrected chi connectivity index (χ0v) is 13.1. The second kappa shape index (κ2) is 6.35. The summed E-state index contributed by atoms with van der Waals surface area (Å²) in [6, 6.07) is 9.63. The summed E-state index contributed by atoms with van der Waals surface area (Å²) in [6.07, 6.45) is 1.40. The highest BCUT2D eigenvalue weighted by Crippen LogP contribution is 2.34. The third-order valence-corrected chi connectivity index (χ3v) is 3.98. The number of methoxy groups -OCH3 is 1. The van der Waals surface area contributed by atoms with E-state index in [1.807, 2.05) is 0 Å². The van der Waals surface area contributed by atoms with Gasteiger partial charge in [-0.15, -0.1) is 0 Å². The molecule has 3 nitrogen and oxygen atoms in total. The Balaban J connectivity index is 2.01. The Kier molecular flexibility index (Phi) is 4.25. The van der Waals surface area contributed by atoms with Crippen LogP contribution in [0.5, 0.6) is 5.75 Å². The normalized spacial score (nSPS) is 17.2. The average molecular weight is 329 g/mol. The van der Waals surface area contributed by atoms with Gasteiger partial charge in [-0.3, -0.25) is 0 Å². The Hall–Kier alpha value is -2.82. The summed E-state index contributed by atoms with van der Waals surface area (Å²) >= 11 is 0. The number of hydrogen-bond acceptors (Lipinski definition) is 3. The highest BCUT2D eigenvalue weighted by atomic mass is 19.1. The lowest BCUT2D eigenvalue weighted by Gasteiger charge is -2.16. The summed E-state index contributed by atoms with van der Waals surface area (Å²) in [5, 5.41) is 9.53. The Morgan fingerprint density at radius 1 is 1.17 bits per heavy atom. The number of rotatable bonds is 3. The molecule has 1 atom stereocenters. The SMILES string of the molecule is COc1ccc(N)c(-c2ccc(C3=CC(O)=CC(F)C3)cc2F)c1. The van der Waals surface area contributed by atoms with Gasteiger partial charge in [-0.05, 0) is 47.6 Å². The maximum atomic E-state index is 14.6. The van der Waals surface area contributed by atoms with Crippen molar-refractivity contribution in [1.82, 2.24) is 0 Å². The number of alkyl halides is 1. The van der Waals surface area contributed by atoms with E-state index < -0.39 is 12.0 Å². The predicted molar refractivity (Wildman–Crippen MR) is 91.0 cm³/mol. The van der Waals surface area contributed by atoms with Crippen molar-refractivity contribution in [2.45, 2.75) is 12.6 Å². The molecule has 5 heteroatoms. The average Bonchev–Trinajstić information content (AvgIpc) is 2.55. The molecular weight excluding hydrogens is 312 g/mol. The third-order valence-electron chi connectivity index (χ3n) is 3.98. The molecule has 0 heterocycles. The van der Waals surface area contributed by atoms with Crippen LogP contribution in [0.4, 0.5) is 14.5 Å². The van der Waals surface area contributed by atoms with Gasteiger partial charge in [0.25, 0.3) is 0 Å². The number of hydrogen-bond donors (Lipinski definition) is 2. The predicted octanol–water partition coefficient (Wildman–Crippen LogP) is 4.65. The highest BCUT2D eigenvalue weighted by molar-refractivity contribution is 5.80. The molecule has 0 radical (unpaired) electrons. The Labute approximate surface area is 138 Å². The van der Waals surface area contributed by atoms with Crippen molar-refractivity contribution in [2.75, 3.05) is 12.8 Å². The number of halogens is 2. The van der Waals surface area contributed by atoms with Crippen molar-refractivity contribution in [3.8, 4) is 16.9 Å². The molecule has 3 rings (SSSR count). The lowest BCUT2D eigenvalue weighted by atomic mass is 9.93. The molecule has 1 unspecified atom stereocenters. The number of aliphatic hydroxyl groups is 1. The molecule has 0 saturated heterocycles. The van der Waals surface area contributed by atoms with Crippen LogP contribution in [0.3, 0.4) is 0 Å². The quantitative estimate of drug-likeness (QED) is 0.806. The first kappa shape index (κ1) is 16.1. The van der Waals surface area contributed by atoms with E-state index >= 15 is 0 Å². The van der Waals surface area contributed by atoms with Crippen molar-refractivity contribution in [3.63, 3.8) is 0 Å². The van der Waals surface area contributed by atoms with E-state index in [-0.39, 0.29) is 12.2 Å². The number of nitrogens with two attached hydrogens (primary N) is 1. The number of nitrogen functional groups attached to an aromatic ring is 1. The van der Waals surface area contributed by atoms with Crippen molar-refractivity contribution in [2.24, 2.45) is 0 Å². The van der Waals surface area contributed by atoms with Gasteiger partial charge in [0.1, 0.15) is 23.5 Å². The zero-order valence-electron chi connectivity index (χ0n) is 13.1. The summed E-state index contributed by atoms with van der Waals surface area (Å²) in [4.78, 5) is 0. The van der Waals surface area contributed by atoms with Crippen LogP contribution in [0.15, 0.2) is 54.3 Å². The molecule has 2 aromatic carbocycles. The fourth-order valence-corrected chi connectivity index (χ4v) is 2.77. The van der Waals surface area contributed by atoms with Gasteiger partial charge in [-0.1, -0.05) is 12.1 Å². The fraction of sp³-hybridized carbons (Fsp3) is 0.158. The van der Waals surface area contributed by atoms with Gasteiger partial charge < -0.3 is 15.6 Å². The minimum atomic E-state index is -1.28. The van der Waals surface area contributed by atoms with Crippen LogP contribution >= 0.6 is 0 Å². The first-order chi connectivity index (χ1) is 11.5. The fourth-order valence-electron chi connectivity index (χ4n) is 2.77. The van der Waals surface area contributed by atoms with Gasteiger partial charge in [-0.25, -0.2) is 8.78 Å². The van der Waals surface area contributed by atoms with Crippen molar-refractivity contribution >= 4 is 11.3 Å². The number of ether oxygens (including phenoxy) is 1. The molecular formula is C19H17F2NO2. The van der Waals surface area contributed by atoms with Gasteiger partial charge in [0.2, 0.25) is 0 Å². The van der Waals surface area contributed by atoms with Gasteiger partial charge in [0.15, 0.2) is 0 Å². The monoisotopic (exact) mass is 329 g/mol. The minimum Gasteiger partial charge on any atom is -0.508 e. The molecule has 0 aromatic heterocycles. The minimum absolute atomic E-state index is 0.101. The van der Waals surface area contributed by atoms with E-state index in [0.717, 1.165) is 6.08 Å². The number of aliphatic hydroxyl groups excluding tert-OH is 1. The van der Waals surface area contributed by atoms with E-state index in [0.29, 0.717) is 33.7 Å². The highest BCUT2D eigenvalue weighted by Gasteiger charge is 2.17. The second-order valence-corrected chi connectivity index (χ2v) is 5.63. The zero-order chi connectivity index (χ0) is 17.3. The molecule has 124 valence electrons. The largest absolute Gasteiger partial charge is 0.508 e. The van der Waals surface area contributed by atoms with Crippen LogP contribution in [0.2, 0.25) is 0 Å². The summed E-state index contributed by atoms with van der Waals surface area (Å²) in [5.74, 6) is -0.0453. The molecule has 24 heavy (non-hydrogen) atoms. The van der Waals surface area contributed by atoms with Gasteiger partial charge in [-0.2, -0.15) is 0 Å². The van der Waals surface area contributed by atoms with Crippen LogP contribution in [-0.4, -0.2) is 18.4 Å². The molecule has 0 saturated carbocycles. The first-order valence-electron chi connectivity index (χ1n) is 7.47. The molecule has 0 fully saturated rings. The maximum Gasteiger partial charge on any atom is 0.131 e. The standard InChI is InChI=1S/C19H17F2NO2/c1-24-15-3-5-19(22)17(10-15)16-4-2-11(8-18(16)21)12-6-13(20)9-14(23)7-12/h2-5,7-10,13,23H,6,22H2,1H3. The molecule has 1 aliphatic rings. The summed E-state index contributed by atoms with van der Waals surface area (Å²) in [7, 11) is 1.53. The number of benzene rings is 2. The topological polar surface area (TPSA) is 55.5 Å². The summed E-state index contributed by atoms with van der Waals surface area (Å²) in [5.41, 5.74) is 8.31. The van der Waals surface area contributed by atoms with Crippen molar-refractivity contribution < 1.29 is 18.6 Å². The Bertz CT molecular complexity index is 843. The van der Waals surface area contributed by atoms with Crippen molar-refractivity contribution in [1.29, 1.82) is 0 Å². The van der Waals surface area contributed by atoms with E-state index in [2.05, 4.69) is 0 Å². The van der Waals surface area contributed by atoms with E-state index in [4.69, 9.17) is 10.5 Å². The molecule has 0 aliphatic heterocycles. The summed E-state index contributed by atoms with van der Waals surface area (Å²) in [6.45, 7) is 0. The lowest BCUT2D eigenvalue weighted by Crippen LogP contribution is -2.05. The van der Waals surface area contributed by atoms with E-state index in [1.54, 1.807) is 30.3 Å².